The van der Waals surface area contributed by atoms with Gasteiger partial charge in [0.1, 0.15) is 6.61 Å². The van der Waals surface area contributed by atoms with Gasteiger partial charge in [-0.2, -0.15) is 0 Å². The minimum absolute atomic E-state index is 0.299. The maximum Gasteiger partial charge on any atom is 0.336 e. The molecule has 0 spiro atoms. The first kappa shape index (κ1) is 20.3. The zero-order valence-corrected chi connectivity index (χ0v) is 16.9. The summed E-state index contributed by atoms with van der Waals surface area (Å²) in [6.07, 6.45) is 0. The van der Waals surface area contributed by atoms with E-state index in [1.807, 2.05) is 36.4 Å². The van der Waals surface area contributed by atoms with Gasteiger partial charge in [0.2, 0.25) is 0 Å². The van der Waals surface area contributed by atoms with E-state index in [1.165, 1.54) is 5.56 Å². The van der Waals surface area contributed by atoms with Gasteiger partial charge in [0.25, 0.3) is 0 Å². The smallest absolute Gasteiger partial charge is 0.336 e. The molecule has 0 atom stereocenters. The number of ether oxygens (including phenoxy) is 2. The van der Waals surface area contributed by atoms with E-state index in [0.717, 1.165) is 16.8 Å². The molecule has 0 aliphatic carbocycles. The lowest BCUT2D eigenvalue weighted by Gasteiger charge is -2.14. The molecule has 3 aromatic carbocycles. The van der Waals surface area contributed by atoms with Crippen LogP contribution < -0.4 is 14.8 Å². The van der Waals surface area contributed by atoms with E-state index in [1.54, 1.807) is 26.2 Å². The third kappa shape index (κ3) is 5.08. The summed E-state index contributed by atoms with van der Waals surface area (Å²) >= 11 is 0. The van der Waals surface area contributed by atoms with Gasteiger partial charge in [-0.25, -0.2) is 4.79 Å². The number of methoxy groups -OCH3 is 1. The predicted octanol–water partition coefficient (Wildman–Crippen LogP) is 5.20. The normalized spacial score (nSPS) is 10.4. The van der Waals surface area contributed by atoms with Crippen LogP contribution >= 0.6 is 0 Å². The lowest BCUT2D eigenvalue weighted by atomic mass is 10.1. The fraction of sp³-hybridized carbons (Fsp3) is 0.208. The molecular formula is C24H25NO4. The van der Waals surface area contributed by atoms with Crippen LogP contribution in [0.3, 0.4) is 0 Å². The monoisotopic (exact) mass is 391 g/mol. The van der Waals surface area contributed by atoms with Gasteiger partial charge in [0.05, 0.1) is 12.7 Å². The Morgan fingerprint density at radius 3 is 2.48 bits per heavy atom. The molecule has 0 aromatic heterocycles. The third-order valence-corrected chi connectivity index (χ3v) is 4.75. The van der Waals surface area contributed by atoms with E-state index >= 15 is 0 Å². The van der Waals surface area contributed by atoms with Gasteiger partial charge in [-0.05, 0) is 54.8 Å². The van der Waals surface area contributed by atoms with Gasteiger partial charge in [-0.3, -0.25) is 0 Å². The second kappa shape index (κ2) is 9.15. The first-order valence-corrected chi connectivity index (χ1v) is 9.40. The molecule has 2 N–H and O–H groups in total. The average Bonchev–Trinajstić information content (AvgIpc) is 2.71. The molecule has 0 radical (unpaired) electrons. The molecular weight excluding hydrogens is 366 g/mol. The summed E-state index contributed by atoms with van der Waals surface area (Å²) in [5.74, 6) is 0.415. The van der Waals surface area contributed by atoms with Crippen LogP contribution in [0.2, 0.25) is 0 Å². The molecule has 0 amide bonds. The average molecular weight is 391 g/mol. The summed E-state index contributed by atoms with van der Waals surface area (Å²) in [6, 6.07) is 19.2. The van der Waals surface area contributed by atoms with Gasteiger partial charge >= 0.3 is 5.97 Å². The molecule has 0 saturated heterocycles. The Bertz CT molecular complexity index is 1010. The van der Waals surface area contributed by atoms with E-state index in [4.69, 9.17) is 9.47 Å². The minimum atomic E-state index is -0.928. The second-order valence-corrected chi connectivity index (χ2v) is 6.90. The van der Waals surface area contributed by atoms with Gasteiger partial charge in [0, 0.05) is 12.2 Å². The lowest BCUT2D eigenvalue weighted by Crippen LogP contribution is -2.06. The summed E-state index contributed by atoms with van der Waals surface area (Å²) in [5.41, 5.74) is 5.11. The van der Waals surface area contributed by atoms with Gasteiger partial charge in [-0.1, -0.05) is 42.0 Å². The van der Waals surface area contributed by atoms with Gasteiger partial charge < -0.3 is 19.9 Å². The standard InChI is InChI=1S/C24H25NO4/c1-16-6-4-7-19(12-16)15-29-22-11-10-18(13-23(22)28-3)14-25-21-9-5-8-20(17(21)2)24(26)27/h4-13,25H,14-15H2,1-3H3,(H,26,27). The third-order valence-electron chi connectivity index (χ3n) is 4.75. The largest absolute Gasteiger partial charge is 0.493 e. The van der Waals surface area contributed by atoms with Crippen molar-refractivity contribution in [1.82, 2.24) is 0 Å². The van der Waals surface area contributed by atoms with Crippen molar-refractivity contribution in [2.24, 2.45) is 0 Å². The van der Waals surface area contributed by atoms with Crippen molar-refractivity contribution in [3.05, 3.63) is 88.5 Å². The molecule has 0 unspecified atom stereocenters. The quantitative estimate of drug-likeness (QED) is 0.552. The van der Waals surface area contributed by atoms with Crippen LogP contribution in [0.5, 0.6) is 11.5 Å². The molecule has 29 heavy (non-hydrogen) atoms. The molecule has 150 valence electrons. The fourth-order valence-electron chi connectivity index (χ4n) is 3.16. The predicted molar refractivity (Wildman–Crippen MR) is 114 cm³/mol. The Kier molecular flexibility index (Phi) is 6.39. The number of anilines is 1. The van der Waals surface area contributed by atoms with Crippen molar-refractivity contribution < 1.29 is 19.4 Å². The van der Waals surface area contributed by atoms with Crippen LogP contribution in [-0.2, 0) is 13.2 Å². The van der Waals surface area contributed by atoms with Crippen molar-refractivity contribution >= 4 is 11.7 Å². The van der Waals surface area contributed by atoms with Crippen LogP contribution in [0.4, 0.5) is 5.69 Å². The summed E-state index contributed by atoms with van der Waals surface area (Å²) in [4.78, 5) is 11.3. The summed E-state index contributed by atoms with van der Waals surface area (Å²) in [7, 11) is 1.62. The zero-order chi connectivity index (χ0) is 20.8. The first-order valence-electron chi connectivity index (χ1n) is 9.40. The van der Waals surface area contributed by atoms with Crippen LogP contribution in [0, 0.1) is 13.8 Å². The molecule has 0 bridgehead atoms. The van der Waals surface area contributed by atoms with Crippen LogP contribution in [0.15, 0.2) is 60.7 Å². The summed E-state index contributed by atoms with van der Waals surface area (Å²) < 4.78 is 11.4. The number of hydrogen-bond donors (Lipinski definition) is 2. The number of nitrogens with one attached hydrogen (secondary N) is 1. The Morgan fingerprint density at radius 2 is 1.76 bits per heavy atom. The molecule has 3 rings (SSSR count). The highest BCUT2D eigenvalue weighted by molar-refractivity contribution is 5.91. The zero-order valence-electron chi connectivity index (χ0n) is 16.9. The van der Waals surface area contributed by atoms with Crippen LogP contribution in [0.1, 0.15) is 32.6 Å². The number of carbonyl (C=O) groups is 1. The number of benzene rings is 3. The molecule has 0 heterocycles. The van der Waals surface area contributed by atoms with Gasteiger partial charge in [-0.15, -0.1) is 0 Å². The van der Waals surface area contributed by atoms with E-state index in [9.17, 15) is 9.90 Å². The Balaban J connectivity index is 1.69. The Morgan fingerprint density at radius 1 is 0.966 bits per heavy atom. The van der Waals surface area contributed by atoms with Crippen molar-refractivity contribution in [3.8, 4) is 11.5 Å². The van der Waals surface area contributed by atoms with E-state index < -0.39 is 5.97 Å². The minimum Gasteiger partial charge on any atom is -0.493 e. The molecule has 0 fully saturated rings. The number of carboxylic acids is 1. The topological polar surface area (TPSA) is 67.8 Å². The van der Waals surface area contributed by atoms with Crippen molar-refractivity contribution in [2.75, 3.05) is 12.4 Å². The first-order chi connectivity index (χ1) is 14.0. The number of aromatic carboxylic acids is 1. The van der Waals surface area contributed by atoms with E-state index in [-0.39, 0.29) is 0 Å². The van der Waals surface area contributed by atoms with Crippen molar-refractivity contribution in [2.45, 2.75) is 27.0 Å². The summed E-state index contributed by atoms with van der Waals surface area (Å²) in [6.45, 7) is 4.86. The molecule has 5 nitrogen and oxygen atoms in total. The maximum atomic E-state index is 11.3. The van der Waals surface area contributed by atoms with E-state index in [0.29, 0.717) is 35.8 Å². The Labute approximate surface area is 170 Å². The van der Waals surface area contributed by atoms with Crippen molar-refractivity contribution in [3.63, 3.8) is 0 Å². The number of rotatable bonds is 8. The van der Waals surface area contributed by atoms with E-state index in [2.05, 4.69) is 24.4 Å². The molecule has 3 aromatic rings. The van der Waals surface area contributed by atoms with Crippen LogP contribution in [-0.4, -0.2) is 18.2 Å². The highest BCUT2D eigenvalue weighted by Crippen LogP contribution is 2.29. The number of carboxylic acid groups (broad SMARTS) is 1. The molecule has 0 aliphatic rings. The Hall–Kier alpha value is -3.47. The SMILES string of the molecule is COc1cc(CNc2cccc(C(=O)O)c2C)ccc1OCc1cccc(C)c1. The maximum absolute atomic E-state index is 11.3. The highest BCUT2D eigenvalue weighted by Gasteiger charge is 2.11. The van der Waals surface area contributed by atoms with Gasteiger partial charge in [0.15, 0.2) is 11.5 Å². The summed E-state index contributed by atoms with van der Waals surface area (Å²) in [5, 5.41) is 12.6. The molecule has 5 heteroatoms. The number of aryl methyl sites for hydroxylation is 1. The highest BCUT2D eigenvalue weighted by atomic mass is 16.5. The van der Waals surface area contributed by atoms with Crippen molar-refractivity contribution in [1.29, 1.82) is 0 Å². The fourth-order valence-corrected chi connectivity index (χ4v) is 3.16. The van der Waals surface area contributed by atoms with Crippen LogP contribution in [0.25, 0.3) is 0 Å². The molecule has 0 saturated carbocycles. The second-order valence-electron chi connectivity index (χ2n) is 6.90. The number of hydrogen-bond acceptors (Lipinski definition) is 4. The lowest BCUT2D eigenvalue weighted by molar-refractivity contribution is 0.0696. The molecule has 0 aliphatic heterocycles.